The average Bonchev–Trinajstić information content (AvgIpc) is 2.42. The molecule has 0 aromatic heterocycles. The van der Waals surface area contributed by atoms with Crippen molar-refractivity contribution in [1.82, 2.24) is 5.32 Å². The van der Waals surface area contributed by atoms with Crippen LogP contribution in [-0.2, 0) is 4.74 Å². The van der Waals surface area contributed by atoms with Crippen molar-refractivity contribution in [1.29, 1.82) is 0 Å². The third kappa shape index (κ3) is 10.4. The van der Waals surface area contributed by atoms with Gasteiger partial charge >= 0.3 is 0 Å². The van der Waals surface area contributed by atoms with Crippen molar-refractivity contribution in [2.45, 2.75) is 97.6 Å². The highest BCUT2D eigenvalue weighted by Gasteiger charge is 2.19. The van der Waals surface area contributed by atoms with E-state index in [1.54, 1.807) is 0 Å². The summed E-state index contributed by atoms with van der Waals surface area (Å²) in [6.45, 7) is 10.8. The van der Waals surface area contributed by atoms with Crippen LogP contribution in [0.15, 0.2) is 0 Å². The highest BCUT2D eigenvalue weighted by Crippen LogP contribution is 2.15. The monoisotopic (exact) mass is 271 g/mol. The summed E-state index contributed by atoms with van der Waals surface area (Å²) < 4.78 is 5.96. The van der Waals surface area contributed by atoms with E-state index < -0.39 is 0 Å². The molecule has 0 saturated heterocycles. The molecule has 116 valence electrons. The van der Waals surface area contributed by atoms with E-state index in [9.17, 15) is 0 Å². The van der Waals surface area contributed by atoms with Crippen molar-refractivity contribution in [3.8, 4) is 0 Å². The Labute approximate surface area is 121 Å². The molecule has 0 aliphatic carbocycles. The zero-order valence-corrected chi connectivity index (χ0v) is 13.8. The van der Waals surface area contributed by atoms with Crippen LogP contribution in [0.2, 0.25) is 0 Å². The van der Waals surface area contributed by atoms with Crippen LogP contribution in [0.25, 0.3) is 0 Å². The van der Waals surface area contributed by atoms with Crippen molar-refractivity contribution in [3.63, 3.8) is 0 Å². The molecule has 0 saturated carbocycles. The van der Waals surface area contributed by atoms with Gasteiger partial charge < -0.3 is 10.1 Å². The minimum Gasteiger partial charge on any atom is -0.377 e. The minimum atomic E-state index is 0.410. The molecule has 0 spiro atoms. The Kier molecular flexibility index (Phi) is 14.3. The van der Waals surface area contributed by atoms with Crippen molar-refractivity contribution in [2.75, 3.05) is 13.2 Å². The molecule has 0 heterocycles. The molecule has 19 heavy (non-hydrogen) atoms. The fourth-order valence-electron chi connectivity index (χ4n) is 2.62. The first-order valence-electron chi connectivity index (χ1n) is 8.64. The fourth-order valence-corrected chi connectivity index (χ4v) is 2.62. The van der Waals surface area contributed by atoms with Crippen molar-refractivity contribution >= 4 is 0 Å². The SMILES string of the molecule is CCCCCCCC(NCCC)C(CCC)OCC. The summed E-state index contributed by atoms with van der Waals surface area (Å²) >= 11 is 0. The van der Waals surface area contributed by atoms with E-state index in [1.807, 2.05) is 0 Å². The molecule has 0 aliphatic rings. The van der Waals surface area contributed by atoms with Gasteiger partial charge in [-0.05, 0) is 32.7 Å². The van der Waals surface area contributed by atoms with E-state index in [0.717, 1.165) is 13.2 Å². The van der Waals surface area contributed by atoms with Gasteiger partial charge in [0.1, 0.15) is 0 Å². The van der Waals surface area contributed by atoms with Crippen LogP contribution in [0.3, 0.4) is 0 Å². The van der Waals surface area contributed by atoms with Gasteiger partial charge in [0.25, 0.3) is 0 Å². The lowest BCUT2D eigenvalue weighted by molar-refractivity contribution is 0.0253. The summed E-state index contributed by atoms with van der Waals surface area (Å²) in [4.78, 5) is 0. The predicted octanol–water partition coefficient (Wildman–Crippen LogP) is 4.92. The maximum absolute atomic E-state index is 5.96. The number of hydrogen-bond donors (Lipinski definition) is 1. The summed E-state index contributed by atoms with van der Waals surface area (Å²) in [5.74, 6) is 0. The Morgan fingerprint density at radius 1 is 0.789 bits per heavy atom. The van der Waals surface area contributed by atoms with Crippen LogP contribution in [0.4, 0.5) is 0 Å². The third-order valence-electron chi connectivity index (χ3n) is 3.68. The molecular weight excluding hydrogens is 234 g/mol. The molecular formula is C17H37NO. The standard InChI is InChI=1S/C17H37NO/c1-5-9-10-11-12-14-16(18-15-7-3)17(13-6-2)19-8-4/h16-18H,5-15H2,1-4H3. The maximum atomic E-state index is 5.96. The molecule has 2 nitrogen and oxygen atoms in total. The molecule has 0 aromatic carbocycles. The predicted molar refractivity (Wildman–Crippen MR) is 85.8 cm³/mol. The van der Waals surface area contributed by atoms with Crippen LogP contribution in [0.5, 0.6) is 0 Å². The fraction of sp³-hybridized carbons (Fsp3) is 1.00. The second kappa shape index (κ2) is 14.3. The molecule has 0 aromatic rings. The highest BCUT2D eigenvalue weighted by molar-refractivity contribution is 4.77. The van der Waals surface area contributed by atoms with Gasteiger partial charge in [0.2, 0.25) is 0 Å². The molecule has 2 unspecified atom stereocenters. The van der Waals surface area contributed by atoms with E-state index in [-0.39, 0.29) is 0 Å². The van der Waals surface area contributed by atoms with Gasteiger partial charge in [-0.1, -0.05) is 59.3 Å². The second-order valence-corrected chi connectivity index (χ2v) is 5.55. The van der Waals surface area contributed by atoms with Crippen LogP contribution in [-0.4, -0.2) is 25.3 Å². The van der Waals surface area contributed by atoms with E-state index in [4.69, 9.17) is 4.74 Å². The number of hydrogen-bond acceptors (Lipinski definition) is 2. The third-order valence-corrected chi connectivity index (χ3v) is 3.68. The maximum Gasteiger partial charge on any atom is 0.0727 e. The second-order valence-electron chi connectivity index (χ2n) is 5.55. The van der Waals surface area contributed by atoms with Gasteiger partial charge in [-0.3, -0.25) is 0 Å². The van der Waals surface area contributed by atoms with Gasteiger partial charge in [0.05, 0.1) is 6.10 Å². The molecule has 1 N–H and O–H groups in total. The number of rotatable bonds is 14. The van der Waals surface area contributed by atoms with Crippen LogP contribution in [0, 0.1) is 0 Å². The first-order chi connectivity index (χ1) is 9.29. The van der Waals surface area contributed by atoms with Gasteiger partial charge in [0, 0.05) is 12.6 Å². The Hall–Kier alpha value is -0.0800. The molecule has 0 bridgehead atoms. The first-order valence-corrected chi connectivity index (χ1v) is 8.64. The summed E-state index contributed by atoms with van der Waals surface area (Å²) in [5, 5.41) is 3.71. The summed E-state index contributed by atoms with van der Waals surface area (Å²) in [5.41, 5.74) is 0. The average molecular weight is 271 g/mol. The minimum absolute atomic E-state index is 0.410. The Bertz CT molecular complexity index is 167. The zero-order chi connectivity index (χ0) is 14.3. The van der Waals surface area contributed by atoms with Gasteiger partial charge in [-0.15, -0.1) is 0 Å². The molecule has 0 radical (unpaired) electrons. The van der Waals surface area contributed by atoms with Crippen LogP contribution >= 0.6 is 0 Å². The van der Waals surface area contributed by atoms with Gasteiger partial charge in [-0.2, -0.15) is 0 Å². The molecule has 0 amide bonds. The lowest BCUT2D eigenvalue weighted by Gasteiger charge is -2.28. The highest BCUT2D eigenvalue weighted by atomic mass is 16.5. The molecule has 0 rings (SSSR count). The van der Waals surface area contributed by atoms with Crippen molar-refractivity contribution < 1.29 is 4.74 Å². The molecule has 2 atom stereocenters. The number of unbranched alkanes of at least 4 members (excludes halogenated alkanes) is 4. The van der Waals surface area contributed by atoms with Crippen molar-refractivity contribution in [2.24, 2.45) is 0 Å². The number of ether oxygens (including phenoxy) is 1. The first kappa shape index (κ1) is 18.9. The van der Waals surface area contributed by atoms with Crippen molar-refractivity contribution in [3.05, 3.63) is 0 Å². The lowest BCUT2D eigenvalue weighted by atomic mass is 9.99. The summed E-state index contributed by atoms with van der Waals surface area (Å²) in [6.07, 6.45) is 12.1. The summed E-state index contributed by atoms with van der Waals surface area (Å²) in [7, 11) is 0. The topological polar surface area (TPSA) is 21.3 Å². The summed E-state index contributed by atoms with van der Waals surface area (Å²) in [6, 6.07) is 0.557. The lowest BCUT2D eigenvalue weighted by Crippen LogP contribution is -2.41. The van der Waals surface area contributed by atoms with Gasteiger partial charge in [-0.25, -0.2) is 0 Å². The molecule has 0 fully saturated rings. The zero-order valence-electron chi connectivity index (χ0n) is 13.8. The largest absolute Gasteiger partial charge is 0.377 e. The molecule has 0 aliphatic heterocycles. The van der Waals surface area contributed by atoms with E-state index in [0.29, 0.717) is 12.1 Å². The normalized spacial score (nSPS) is 14.5. The Morgan fingerprint density at radius 2 is 1.53 bits per heavy atom. The number of nitrogens with one attached hydrogen (secondary N) is 1. The Balaban J connectivity index is 4.08. The Morgan fingerprint density at radius 3 is 2.11 bits per heavy atom. The quantitative estimate of drug-likeness (QED) is 0.453. The molecule has 2 heteroatoms. The van der Waals surface area contributed by atoms with E-state index in [2.05, 4.69) is 33.0 Å². The van der Waals surface area contributed by atoms with E-state index in [1.165, 1.54) is 57.8 Å². The smallest absolute Gasteiger partial charge is 0.0727 e. The van der Waals surface area contributed by atoms with Gasteiger partial charge in [0.15, 0.2) is 0 Å². The van der Waals surface area contributed by atoms with Crippen LogP contribution in [0.1, 0.15) is 85.5 Å². The van der Waals surface area contributed by atoms with Crippen LogP contribution < -0.4 is 5.32 Å². The van der Waals surface area contributed by atoms with E-state index >= 15 is 0 Å².